The summed E-state index contributed by atoms with van der Waals surface area (Å²) < 4.78 is 0. The van der Waals surface area contributed by atoms with Gasteiger partial charge in [0.15, 0.2) is 0 Å². The van der Waals surface area contributed by atoms with Crippen LogP contribution >= 0.6 is 0 Å². The van der Waals surface area contributed by atoms with Crippen LogP contribution < -0.4 is 4.90 Å². The number of likely N-dealkylation sites (tertiary alicyclic amines) is 1. The van der Waals surface area contributed by atoms with Crippen LogP contribution in [0.3, 0.4) is 0 Å². The fraction of sp³-hybridized carbons (Fsp3) is 0.571. The summed E-state index contributed by atoms with van der Waals surface area (Å²) in [5.41, 5.74) is 2.31. The number of fused-ring (bicyclic) bond motifs is 2. The first-order chi connectivity index (χ1) is 13.0. The molecule has 0 spiro atoms. The fourth-order valence-electron chi connectivity index (χ4n) is 4.88. The summed E-state index contributed by atoms with van der Waals surface area (Å²) in [5.74, 6) is 1.18. The predicted octanol–water partition coefficient (Wildman–Crippen LogP) is 2.37. The van der Waals surface area contributed by atoms with Crippen LogP contribution in [0.5, 0.6) is 0 Å². The van der Waals surface area contributed by atoms with Gasteiger partial charge in [0.2, 0.25) is 5.95 Å². The summed E-state index contributed by atoms with van der Waals surface area (Å²) in [4.78, 5) is 17.8. The highest BCUT2D eigenvalue weighted by molar-refractivity contribution is 5.29. The molecule has 0 aromatic carbocycles. The van der Waals surface area contributed by atoms with Crippen molar-refractivity contribution < 1.29 is 5.11 Å². The lowest BCUT2D eigenvalue weighted by Gasteiger charge is -2.53. The predicted molar refractivity (Wildman–Crippen MR) is 105 cm³/mol. The number of pyridine rings is 1. The maximum atomic E-state index is 11.8. The van der Waals surface area contributed by atoms with E-state index >= 15 is 0 Å². The smallest absolute Gasteiger partial charge is 0.224 e. The van der Waals surface area contributed by atoms with Gasteiger partial charge in [-0.05, 0) is 31.4 Å². The van der Waals surface area contributed by atoms with Crippen molar-refractivity contribution >= 4 is 5.95 Å². The van der Waals surface area contributed by atoms with Gasteiger partial charge in [0.1, 0.15) is 5.60 Å². The van der Waals surface area contributed by atoms with Crippen molar-refractivity contribution in [3.05, 3.63) is 47.5 Å². The van der Waals surface area contributed by atoms with Gasteiger partial charge in [-0.25, -0.2) is 9.97 Å². The largest absolute Gasteiger partial charge is 0.383 e. The third-order valence-electron chi connectivity index (χ3n) is 6.19. The molecule has 1 N–H and O–H groups in total. The van der Waals surface area contributed by atoms with Gasteiger partial charge >= 0.3 is 0 Å². The minimum atomic E-state index is -0.800. The molecule has 2 aromatic rings. The Labute approximate surface area is 161 Å². The van der Waals surface area contributed by atoms with Crippen molar-refractivity contribution in [2.75, 3.05) is 32.1 Å². The Bertz CT molecular complexity index is 777. The average Bonchev–Trinajstić information content (AvgIpc) is 2.63. The molecule has 6 heteroatoms. The van der Waals surface area contributed by atoms with Crippen LogP contribution in [0.25, 0.3) is 0 Å². The number of nitrogens with zero attached hydrogens (tertiary/aromatic N) is 5. The van der Waals surface area contributed by atoms with E-state index in [2.05, 4.69) is 32.8 Å². The zero-order valence-electron chi connectivity index (χ0n) is 16.5. The highest BCUT2D eigenvalue weighted by atomic mass is 16.3. The van der Waals surface area contributed by atoms with Gasteiger partial charge in [0.25, 0.3) is 0 Å². The topological polar surface area (TPSA) is 65.4 Å². The number of rotatable bonds is 4. The van der Waals surface area contributed by atoms with E-state index < -0.39 is 5.60 Å². The van der Waals surface area contributed by atoms with Crippen LogP contribution in [0.15, 0.2) is 30.7 Å². The Balaban J connectivity index is 1.54. The molecule has 1 saturated carbocycles. The van der Waals surface area contributed by atoms with E-state index in [1.807, 2.05) is 43.7 Å². The van der Waals surface area contributed by atoms with Crippen molar-refractivity contribution in [3.63, 3.8) is 0 Å². The summed E-state index contributed by atoms with van der Waals surface area (Å²) in [5, 5.41) is 11.8. The lowest BCUT2D eigenvalue weighted by Crippen LogP contribution is -2.58. The van der Waals surface area contributed by atoms with E-state index in [9.17, 15) is 5.11 Å². The molecule has 6 nitrogen and oxygen atoms in total. The van der Waals surface area contributed by atoms with Crippen LogP contribution in [0.4, 0.5) is 5.95 Å². The molecule has 2 aliphatic rings. The molecule has 0 amide bonds. The van der Waals surface area contributed by atoms with Gasteiger partial charge in [0.05, 0.1) is 5.69 Å². The molecule has 4 rings (SSSR count). The summed E-state index contributed by atoms with van der Waals surface area (Å²) >= 11 is 0. The van der Waals surface area contributed by atoms with Crippen LogP contribution in [0.2, 0.25) is 0 Å². The summed E-state index contributed by atoms with van der Waals surface area (Å²) in [6.07, 6.45) is 8.94. The van der Waals surface area contributed by atoms with E-state index in [-0.39, 0.29) is 11.8 Å². The Morgan fingerprint density at radius 3 is 2.41 bits per heavy atom. The van der Waals surface area contributed by atoms with Crippen LogP contribution in [0.1, 0.15) is 36.1 Å². The molecule has 1 aliphatic carbocycles. The van der Waals surface area contributed by atoms with Gasteiger partial charge in [0, 0.05) is 69.7 Å². The molecule has 1 unspecified atom stereocenters. The van der Waals surface area contributed by atoms with Gasteiger partial charge in [-0.15, -0.1) is 0 Å². The number of aryl methyl sites for hydroxylation is 1. The maximum Gasteiger partial charge on any atom is 0.224 e. The normalized spacial score (nSPS) is 28.1. The average molecular weight is 367 g/mol. The number of aliphatic hydroxyl groups is 1. The highest BCUT2D eigenvalue weighted by Crippen LogP contribution is 2.49. The Morgan fingerprint density at radius 2 is 1.81 bits per heavy atom. The summed E-state index contributed by atoms with van der Waals surface area (Å²) in [7, 11) is 3.89. The van der Waals surface area contributed by atoms with Crippen molar-refractivity contribution in [1.82, 2.24) is 19.9 Å². The molecular formula is C21H29N5O. The highest BCUT2D eigenvalue weighted by Gasteiger charge is 2.52. The molecule has 2 fully saturated rings. The second-order valence-electron chi connectivity index (χ2n) is 8.30. The molecule has 2 aromatic heterocycles. The van der Waals surface area contributed by atoms with E-state index in [4.69, 9.17) is 0 Å². The minimum Gasteiger partial charge on any atom is -0.383 e. The van der Waals surface area contributed by atoms with Gasteiger partial charge in [-0.3, -0.25) is 9.88 Å². The Morgan fingerprint density at radius 1 is 1.15 bits per heavy atom. The lowest BCUT2D eigenvalue weighted by atomic mass is 9.63. The molecule has 0 radical (unpaired) electrons. The van der Waals surface area contributed by atoms with Crippen molar-refractivity contribution in [1.29, 1.82) is 0 Å². The summed E-state index contributed by atoms with van der Waals surface area (Å²) in [6.45, 7) is 4.67. The first kappa shape index (κ1) is 18.3. The van der Waals surface area contributed by atoms with Crippen LogP contribution in [-0.2, 0) is 12.1 Å². The van der Waals surface area contributed by atoms with E-state index in [1.54, 1.807) is 0 Å². The molecule has 144 valence electrons. The molecule has 3 heterocycles. The van der Waals surface area contributed by atoms with Crippen molar-refractivity contribution in [2.24, 2.45) is 11.8 Å². The Hall–Kier alpha value is -2.05. The quantitative estimate of drug-likeness (QED) is 0.895. The van der Waals surface area contributed by atoms with Gasteiger partial charge in [-0.1, -0.05) is 12.5 Å². The monoisotopic (exact) mass is 367 g/mol. The second-order valence-corrected chi connectivity index (χ2v) is 8.30. The summed E-state index contributed by atoms with van der Waals surface area (Å²) in [6, 6.07) is 4.01. The Kier molecular flexibility index (Phi) is 4.86. The molecule has 3 atom stereocenters. The fourth-order valence-corrected chi connectivity index (χ4v) is 4.88. The third-order valence-corrected chi connectivity index (χ3v) is 6.19. The van der Waals surface area contributed by atoms with Gasteiger partial charge < -0.3 is 10.0 Å². The molecule has 2 bridgehead atoms. The number of aromatic nitrogens is 3. The van der Waals surface area contributed by atoms with Crippen molar-refractivity contribution in [2.45, 2.75) is 38.3 Å². The first-order valence-corrected chi connectivity index (χ1v) is 9.83. The zero-order chi connectivity index (χ0) is 19.0. The van der Waals surface area contributed by atoms with Crippen LogP contribution in [-0.4, -0.2) is 52.1 Å². The van der Waals surface area contributed by atoms with E-state index in [1.165, 1.54) is 6.42 Å². The molecule has 1 saturated heterocycles. The number of anilines is 1. The van der Waals surface area contributed by atoms with Gasteiger partial charge in [-0.2, -0.15) is 0 Å². The van der Waals surface area contributed by atoms with Crippen LogP contribution in [0, 0.1) is 18.8 Å². The first-order valence-electron chi connectivity index (χ1n) is 9.83. The number of hydrogen-bond donors (Lipinski definition) is 1. The third kappa shape index (κ3) is 3.32. The lowest BCUT2D eigenvalue weighted by molar-refractivity contribution is -0.151. The second kappa shape index (κ2) is 7.17. The molecule has 27 heavy (non-hydrogen) atoms. The molecular weight excluding hydrogens is 338 g/mol. The standard InChI is InChI=1S/C21H29N5O/c1-15-6-5-9-22-19(15)21(27)17-7-4-8-18(21)14-26(13-17)12-16-10-23-20(24-11-16)25(2)3/h5-6,9-11,17-18,27H,4,7-8,12-14H2,1-3H3/t17-,18+,21?. The number of hydrogen-bond acceptors (Lipinski definition) is 6. The maximum absolute atomic E-state index is 11.8. The minimum absolute atomic E-state index is 0.223. The van der Waals surface area contributed by atoms with E-state index in [0.717, 1.165) is 55.2 Å². The zero-order valence-corrected chi connectivity index (χ0v) is 16.5. The SMILES string of the molecule is Cc1cccnc1C1(O)[C@@H]2CCC[C@H]1CN(Cc1cnc(N(C)C)nc1)C2. The van der Waals surface area contributed by atoms with Crippen molar-refractivity contribution in [3.8, 4) is 0 Å². The van der Waals surface area contributed by atoms with E-state index in [0.29, 0.717) is 0 Å². The number of piperidine rings is 1. The molecule has 1 aliphatic heterocycles.